The monoisotopic (exact) mass is 264 g/mol. The second-order valence-corrected chi connectivity index (χ2v) is 6.09. The van der Waals surface area contributed by atoms with Crippen LogP contribution in [0.1, 0.15) is 11.1 Å². The predicted octanol–water partition coefficient (Wildman–Crippen LogP) is 3.28. The SMILES string of the molecule is Cc1ccc(S(=O)(=O)c2ccccc2F)c(C)c1. The normalized spacial score (nSPS) is 11.5. The molecule has 2 rings (SSSR count). The van der Waals surface area contributed by atoms with Crippen molar-refractivity contribution in [2.75, 3.05) is 0 Å². The van der Waals surface area contributed by atoms with Gasteiger partial charge in [0.25, 0.3) is 0 Å². The molecule has 0 N–H and O–H groups in total. The first-order valence-electron chi connectivity index (χ1n) is 5.50. The lowest BCUT2D eigenvalue weighted by atomic mass is 10.2. The van der Waals surface area contributed by atoms with Crippen LogP contribution < -0.4 is 0 Å². The van der Waals surface area contributed by atoms with Crippen molar-refractivity contribution < 1.29 is 12.8 Å². The highest BCUT2D eigenvalue weighted by Crippen LogP contribution is 2.26. The van der Waals surface area contributed by atoms with E-state index >= 15 is 0 Å². The van der Waals surface area contributed by atoms with Crippen molar-refractivity contribution >= 4 is 9.84 Å². The Labute approximate surface area is 106 Å². The fraction of sp³-hybridized carbons (Fsp3) is 0.143. The molecule has 0 saturated carbocycles. The third kappa shape index (κ3) is 2.16. The molecule has 0 aliphatic rings. The molecule has 0 aliphatic carbocycles. The van der Waals surface area contributed by atoms with Crippen LogP contribution >= 0.6 is 0 Å². The highest BCUT2D eigenvalue weighted by molar-refractivity contribution is 7.91. The van der Waals surface area contributed by atoms with Crippen LogP contribution in [0.15, 0.2) is 52.3 Å². The molecule has 0 saturated heterocycles. The third-order valence-electron chi connectivity index (χ3n) is 2.75. The highest BCUT2D eigenvalue weighted by atomic mass is 32.2. The van der Waals surface area contributed by atoms with Crippen LogP contribution in [0.3, 0.4) is 0 Å². The van der Waals surface area contributed by atoms with Gasteiger partial charge in [0.2, 0.25) is 9.84 Å². The Kier molecular flexibility index (Phi) is 3.22. The average molecular weight is 264 g/mol. The minimum Gasteiger partial charge on any atom is -0.218 e. The molecule has 94 valence electrons. The third-order valence-corrected chi connectivity index (χ3v) is 4.69. The number of hydrogen-bond donors (Lipinski definition) is 0. The number of hydrogen-bond acceptors (Lipinski definition) is 2. The van der Waals surface area contributed by atoms with Gasteiger partial charge in [0, 0.05) is 0 Å². The van der Waals surface area contributed by atoms with Crippen molar-refractivity contribution in [3.8, 4) is 0 Å². The standard InChI is InChI=1S/C14H13FO2S/c1-10-7-8-13(11(2)9-10)18(16,17)14-6-4-3-5-12(14)15/h3-9H,1-2H3. The van der Waals surface area contributed by atoms with Gasteiger partial charge in [-0.15, -0.1) is 0 Å². The molecule has 18 heavy (non-hydrogen) atoms. The summed E-state index contributed by atoms with van der Waals surface area (Å²) in [5, 5.41) is 0. The van der Waals surface area contributed by atoms with Crippen LogP contribution in [0.25, 0.3) is 0 Å². The van der Waals surface area contributed by atoms with Gasteiger partial charge in [-0.05, 0) is 37.6 Å². The molecular weight excluding hydrogens is 251 g/mol. The maximum Gasteiger partial charge on any atom is 0.209 e. The topological polar surface area (TPSA) is 34.1 Å². The van der Waals surface area contributed by atoms with E-state index in [1.54, 1.807) is 19.1 Å². The van der Waals surface area contributed by atoms with Gasteiger partial charge in [0.1, 0.15) is 10.7 Å². The summed E-state index contributed by atoms with van der Waals surface area (Å²) in [7, 11) is -3.79. The second-order valence-electron chi connectivity index (χ2n) is 4.20. The minimum atomic E-state index is -3.79. The lowest BCUT2D eigenvalue weighted by Gasteiger charge is -2.09. The predicted molar refractivity (Wildman–Crippen MR) is 67.8 cm³/mol. The van der Waals surface area contributed by atoms with Gasteiger partial charge >= 0.3 is 0 Å². The highest BCUT2D eigenvalue weighted by Gasteiger charge is 2.22. The molecule has 0 atom stereocenters. The molecule has 0 aliphatic heterocycles. The van der Waals surface area contributed by atoms with Crippen molar-refractivity contribution in [3.05, 3.63) is 59.4 Å². The zero-order valence-corrected chi connectivity index (χ0v) is 11.0. The minimum absolute atomic E-state index is 0.151. The van der Waals surface area contributed by atoms with Gasteiger partial charge in [-0.2, -0.15) is 0 Å². The van der Waals surface area contributed by atoms with Crippen LogP contribution in [-0.4, -0.2) is 8.42 Å². The number of sulfone groups is 1. The van der Waals surface area contributed by atoms with Gasteiger partial charge in [0.05, 0.1) is 4.90 Å². The lowest BCUT2D eigenvalue weighted by Crippen LogP contribution is -2.06. The lowest BCUT2D eigenvalue weighted by molar-refractivity contribution is 0.566. The van der Waals surface area contributed by atoms with Gasteiger partial charge in [0.15, 0.2) is 0 Å². The molecule has 2 aromatic carbocycles. The first-order chi connectivity index (χ1) is 8.43. The van der Waals surface area contributed by atoms with Crippen molar-refractivity contribution in [2.24, 2.45) is 0 Å². The molecule has 0 heterocycles. The van der Waals surface area contributed by atoms with Gasteiger partial charge in [-0.3, -0.25) is 0 Å². The fourth-order valence-electron chi connectivity index (χ4n) is 1.88. The Hall–Kier alpha value is -1.68. The Morgan fingerprint density at radius 2 is 1.61 bits per heavy atom. The number of aryl methyl sites for hydroxylation is 2. The summed E-state index contributed by atoms with van der Waals surface area (Å²) < 4.78 is 38.3. The zero-order chi connectivity index (χ0) is 13.3. The molecule has 0 fully saturated rings. The van der Waals surface area contributed by atoms with E-state index in [1.807, 2.05) is 6.92 Å². The Morgan fingerprint density at radius 3 is 2.22 bits per heavy atom. The maximum absolute atomic E-state index is 13.6. The van der Waals surface area contributed by atoms with Crippen molar-refractivity contribution in [1.29, 1.82) is 0 Å². The van der Waals surface area contributed by atoms with Crippen molar-refractivity contribution in [2.45, 2.75) is 23.6 Å². The van der Waals surface area contributed by atoms with Gasteiger partial charge in [-0.25, -0.2) is 12.8 Å². The average Bonchev–Trinajstić information content (AvgIpc) is 2.28. The Bertz CT molecular complexity index is 691. The molecule has 0 bridgehead atoms. The number of benzene rings is 2. The summed E-state index contributed by atoms with van der Waals surface area (Å²) in [6.07, 6.45) is 0. The second kappa shape index (κ2) is 4.53. The van der Waals surface area contributed by atoms with Crippen LogP contribution in [0.4, 0.5) is 4.39 Å². The van der Waals surface area contributed by atoms with E-state index in [9.17, 15) is 12.8 Å². The summed E-state index contributed by atoms with van der Waals surface area (Å²) in [4.78, 5) is -0.129. The quantitative estimate of drug-likeness (QED) is 0.834. The summed E-state index contributed by atoms with van der Waals surface area (Å²) in [5.74, 6) is -0.725. The van der Waals surface area contributed by atoms with E-state index in [0.717, 1.165) is 11.6 Å². The largest absolute Gasteiger partial charge is 0.218 e. The summed E-state index contributed by atoms with van der Waals surface area (Å²) in [6, 6.07) is 10.4. The molecule has 2 nitrogen and oxygen atoms in total. The zero-order valence-electron chi connectivity index (χ0n) is 10.1. The number of halogens is 1. The van der Waals surface area contributed by atoms with Crippen LogP contribution in [0, 0.1) is 19.7 Å². The molecule has 0 aromatic heterocycles. The summed E-state index contributed by atoms with van der Waals surface area (Å²) in [6.45, 7) is 3.59. The van der Waals surface area contributed by atoms with Crippen molar-refractivity contribution in [1.82, 2.24) is 0 Å². The van der Waals surface area contributed by atoms with Crippen LogP contribution in [0.5, 0.6) is 0 Å². The molecule has 0 amide bonds. The summed E-state index contributed by atoms with van der Waals surface area (Å²) in [5.41, 5.74) is 1.60. The van der Waals surface area contributed by atoms with Crippen LogP contribution in [-0.2, 0) is 9.84 Å². The Balaban J connectivity index is 2.66. The van der Waals surface area contributed by atoms with E-state index in [1.165, 1.54) is 24.3 Å². The van der Waals surface area contributed by atoms with Crippen LogP contribution in [0.2, 0.25) is 0 Å². The smallest absolute Gasteiger partial charge is 0.209 e. The first-order valence-corrected chi connectivity index (χ1v) is 6.98. The van der Waals surface area contributed by atoms with E-state index in [2.05, 4.69) is 0 Å². The fourth-order valence-corrected chi connectivity index (χ4v) is 3.43. The molecule has 0 radical (unpaired) electrons. The number of rotatable bonds is 2. The van der Waals surface area contributed by atoms with Gasteiger partial charge in [-0.1, -0.05) is 29.8 Å². The van der Waals surface area contributed by atoms with E-state index in [0.29, 0.717) is 5.56 Å². The molecule has 0 unspecified atom stereocenters. The first kappa shape index (κ1) is 12.8. The van der Waals surface area contributed by atoms with E-state index in [4.69, 9.17) is 0 Å². The van der Waals surface area contributed by atoms with Crippen molar-refractivity contribution in [3.63, 3.8) is 0 Å². The van der Waals surface area contributed by atoms with Gasteiger partial charge < -0.3 is 0 Å². The molecule has 4 heteroatoms. The summed E-state index contributed by atoms with van der Waals surface area (Å²) >= 11 is 0. The molecule has 0 spiro atoms. The van der Waals surface area contributed by atoms with E-state index < -0.39 is 15.7 Å². The maximum atomic E-state index is 13.6. The Morgan fingerprint density at radius 1 is 0.944 bits per heavy atom. The molecular formula is C14H13FO2S. The van der Waals surface area contributed by atoms with E-state index in [-0.39, 0.29) is 9.79 Å². The molecule has 2 aromatic rings.